The second kappa shape index (κ2) is 8.43. The average molecular weight is 457 g/mol. The summed E-state index contributed by atoms with van der Waals surface area (Å²) >= 11 is 0. The molecule has 0 spiro atoms. The van der Waals surface area contributed by atoms with Crippen molar-refractivity contribution in [2.45, 2.75) is 43.0 Å². The van der Waals surface area contributed by atoms with Crippen molar-refractivity contribution in [3.63, 3.8) is 0 Å². The van der Waals surface area contributed by atoms with Gasteiger partial charge in [0.25, 0.3) is 0 Å². The highest BCUT2D eigenvalue weighted by Gasteiger charge is 2.34. The number of sulfone groups is 1. The lowest BCUT2D eigenvalue weighted by Gasteiger charge is -2.17. The Balaban J connectivity index is 1.37. The molecule has 4 rings (SSSR count). The van der Waals surface area contributed by atoms with Gasteiger partial charge in [0.2, 0.25) is 0 Å². The molecule has 2 fully saturated rings. The predicted molar refractivity (Wildman–Crippen MR) is 107 cm³/mol. The number of rotatable bonds is 7. The first-order valence-electron chi connectivity index (χ1n) is 10.2. The zero-order chi connectivity index (χ0) is 22.2. The molecule has 2 aromatic carbocycles. The first-order chi connectivity index (χ1) is 14.6. The maximum atomic E-state index is 14.0. The third-order valence-corrected chi connectivity index (χ3v) is 7.47. The molecule has 0 N–H and O–H groups in total. The Hall–Kier alpha value is -2.13. The SMILES string of the molecule is O=S(=O)(C[C@@H]1CCN(Cc2ccc(OC3CC3)cc2)C1)c1cc(C(F)(F)F)ccc1F. The molecule has 1 atom stereocenters. The second-order valence-electron chi connectivity index (χ2n) is 8.28. The van der Waals surface area contributed by atoms with Gasteiger partial charge in [0.1, 0.15) is 16.5 Å². The van der Waals surface area contributed by atoms with Gasteiger partial charge >= 0.3 is 6.18 Å². The lowest BCUT2D eigenvalue weighted by Crippen LogP contribution is -2.23. The summed E-state index contributed by atoms with van der Waals surface area (Å²) < 4.78 is 83.8. The molecule has 168 valence electrons. The number of ether oxygens (including phenoxy) is 1. The summed E-state index contributed by atoms with van der Waals surface area (Å²) in [5, 5.41) is 0. The molecule has 1 saturated heterocycles. The minimum atomic E-state index is -4.73. The van der Waals surface area contributed by atoms with Crippen molar-refractivity contribution < 1.29 is 30.7 Å². The standard InChI is InChI=1S/C22H23F4NO3S/c23-20-8-3-17(22(24,25)26)11-21(20)31(28,29)14-16-9-10-27(13-16)12-15-1-4-18(5-2-15)30-19-6-7-19/h1-5,8,11,16,19H,6-7,9-10,12-14H2/t16-/m1/s1. The Kier molecular flexibility index (Phi) is 6.00. The monoisotopic (exact) mass is 457 g/mol. The highest BCUT2D eigenvalue weighted by Crippen LogP contribution is 2.33. The fraction of sp³-hybridized carbons (Fsp3) is 0.455. The molecule has 2 aliphatic rings. The van der Waals surface area contributed by atoms with Crippen LogP contribution in [0.5, 0.6) is 5.75 Å². The summed E-state index contributed by atoms with van der Waals surface area (Å²) in [6, 6.07) is 9.28. The maximum Gasteiger partial charge on any atom is 0.416 e. The summed E-state index contributed by atoms with van der Waals surface area (Å²) in [7, 11) is -4.18. The van der Waals surface area contributed by atoms with Gasteiger partial charge in [-0.15, -0.1) is 0 Å². The summed E-state index contributed by atoms with van der Waals surface area (Å²) in [5.74, 6) is -0.969. The van der Waals surface area contributed by atoms with Gasteiger partial charge in [0.05, 0.1) is 17.4 Å². The first-order valence-corrected chi connectivity index (χ1v) is 11.8. The summed E-state index contributed by atoms with van der Waals surface area (Å²) in [4.78, 5) is 1.21. The molecule has 1 aliphatic heterocycles. The van der Waals surface area contributed by atoms with Gasteiger partial charge in [-0.1, -0.05) is 12.1 Å². The van der Waals surface area contributed by atoms with E-state index in [0.29, 0.717) is 50.4 Å². The highest BCUT2D eigenvalue weighted by atomic mass is 32.2. The number of likely N-dealkylation sites (tertiary alicyclic amines) is 1. The van der Waals surface area contributed by atoms with Gasteiger partial charge in [-0.3, -0.25) is 4.90 Å². The zero-order valence-corrected chi connectivity index (χ0v) is 17.6. The highest BCUT2D eigenvalue weighted by molar-refractivity contribution is 7.91. The maximum absolute atomic E-state index is 14.0. The van der Waals surface area contributed by atoms with Gasteiger partial charge in [0.15, 0.2) is 9.84 Å². The lowest BCUT2D eigenvalue weighted by molar-refractivity contribution is -0.137. The van der Waals surface area contributed by atoms with Crippen LogP contribution in [0.4, 0.5) is 17.6 Å². The normalized spacial score (nSPS) is 20.2. The fourth-order valence-electron chi connectivity index (χ4n) is 3.82. The van der Waals surface area contributed by atoms with E-state index in [0.717, 1.165) is 24.2 Å². The van der Waals surface area contributed by atoms with Crippen LogP contribution in [-0.2, 0) is 22.6 Å². The van der Waals surface area contributed by atoms with Crippen LogP contribution in [0.1, 0.15) is 30.4 Å². The molecule has 0 amide bonds. The second-order valence-corrected chi connectivity index (χ2v) is 10.3. The van der Waals surface area contributed by atoms with Crippen molar-refractivity contribution in [1.82, 2.24) is 4.90 Å². The van der Waals surface area contributed by atoms with Crippen LogP contribution < -0.4 is 4.74 Å². The molecule has 2 aromatic rings. The Morgan fingerprint density at radius 1 is 1.03 bits per heavy atom. The molecule has 1 aliphatic carbocycles. The number of nitrogens with zero attached hydrogens (tertiary/aromatic N) is 1. The van der Waals surface area contributed by atoms with E-state index < -0.39 is 32.3 Å². The molecular weight excluding hydrogens is 434 g/mol. The van der Waals surface area contributed by atoms with Crippen LogP contribution in [0.3, 0.4) is 0 Å². The minimum absolute atomic E-state index is 0.267. The smallest absolute Gasteiger partial charge is 0.416 e. The third kappa shape index (κ3) is 5.57. The lowest BCUT2D eigenvalue weighted by atomic mass is 10.1. The molecular formula is C22H23F4NO3S. The van der Waals surface area contributed by atoms with E-state index in [2.05, 4.69) is 4.90 Å². The van der Waals surface area contributed by atoms with Crippen LogP contribution in [0.25, 0.3) is 0 Å². The summed E-state index contributed by atoms with van der Waals surface area (Å²) in [5.41, 5.74) is -0.106. The van der Waals surface area contributed by atoms with Crippen LogP contribution >= 0.6 is 0 Å². The molecule has 0 unspecified atom stereocenters. The number of halogens is 4. The van der Waals surface area contributed by atoms with Crippen LogP contribution in [-0.4, -0.2) is 38.3 Å². The minimum Gasteiger partial charge on any atom is -0.490 e. The number of hydrogen-bond acceptors (Lipinski definition) is 4. The zero-order valence-electron chi connectivity index (χ0n) is 16.7. The molecule has 4 nitrogen and oxygen atoms in total. The van der Waals surface area contributed by atoms with E-state index in [1.807, 2.05) is 24.3 Å². The van der Waals surface area contributed by atoms with Crippen molar-refractivity contribution in [3.8, 4) is 5.75 Å². The Labute approximate surface area is 178 Å². The van der Waals surface area contributed by atoms with Crippen molar-refractivity contribution in [3.05, 3.63) is 59.4 Å². The van der Waals surface area contributed by atoms with Crippen molar-refractivity contribution in [2.24, 2.45) is 5.92 Å². The van der Waals surface area contributed by atoms with Crippen molar-refractivity contribution in [2.75, 3.05) is 18.8 Å². The van der Waals surface area contributed by atoms with Gasteiger partial charge in [-0.05, 0) is 67.6 Å². The average Bonchev–Trinajstić information content (AvgIpc) is 3.40. The molecule has 31 heavy (non-hydrogen) atoms. The van der Waals surface area contributed by atoms with Crippen LogP contribution in [0.15, 0.2) is 47.4 Å². The molecule has 1 saturated carbocycles. The van der Waals surface area contributed by atoms with Crippen molar-refractivity contribution >= 4 is 9.84 Å². The summed E-state index contributed by atoms with van der Waals surface area (Å²) in [6.45, 7) is 1.80. The molecule has 0 bridgehead atoms. The Morgan fingerprint density at radius 2 is 1.74 bits per heavy atom. The molecule has 0 radical (unpaired) electrons. The third-order valence-electron chi connectivity index (χ3n) is 5.58. The molecule has 9 heteroatoms. The van der Waals surface area contributed by atoms with Gasteiger partial charge in [-0.2, -0.15) is 13.2 Å². The Bertz CT molecular complexity index is 1030. The van der Waals surface area contributed by atoms with Crippen LogP contribution in [0, 0.1) is 11.7 Å². The predicted octanol–water partition coefficient (Wildman–Crippen LogP) is 4.68. The van der Waals surface area contributed by atoms with Crippen LogP contribution in [0.2, 0.25) is 0 Å². The summed E-state index contributed by atoms with van der Waals surface area (Å²) in [6.07, 6.45) is -1.65. The number of benzene rings is 2. The van der Waals surface area contributed by atoms with E-state index in [1.54, 1.807) is 0 Å². The number of alkyl halides is 3. The van der Waals surface area contributed by atoms with E-state index in [1.165, 1.54) is 0 Å². The van der Waals surface area contributed by atoms with Crippen molar-refractivity contribution in [1.29, 1.82) is 0 Å². The van der Waals surface area contributed by atoms with Gasteiger partial charge < -0.3 is 4.74 Å². The van der Waals surface area contributed by atoms with Gasteiger partial charge in [-0.25, -0.2) is 12.8 Å². The van der Waals surface area contributed by atoms with E-state index in [9.17, 15) is 26.0 Å². The molecule has 1 heterocycles. The van der Waals surface area contributed by atoms with Gasteiger partial charge in [0, 0.05) is 13.1 Å². The largest absolute Gasteiger partial charge is 0.490 e. The quantitative estimate of drug-likeness (QED) is 0.567. The Morgan fingerprint density at radius 3 is 2.39 bits per heavy atom. The topological polar surface area (TPSA) is 46.6 Å². The van der Waals surface area contributed by atoms with E-state index >= 15 is 0 Å². The molecule has 0 aromatic heterocycles. The number of hydrogen-bond donors (Lipinski definition) is 0. The van der Waals surface area contributed by atoms with E-state index in [4.69, 9.17) is 4.74 Å². The van der Waals surface area contributed by atoms with E-state index in [-0.39, 0.29) is 11.7 Å². The first kappa shape index (κ1) is 22.1. The fourth-order valence-corrected chi connectivity index (χ4v) is 5.56.